The number of benzene rings is 1. The lowest BCUT2D eigenvalue weighted by Crippen LogP contribution is -2.29. The molecule has 2 heterocycles. The number of pyridine rings is 1. The molecule has 1 aromatic carbocycles. The lowest BCUT2D eigenvalue weighted by molar-refractivity contribution is 0.531. The Morgan fingerprint density at radius 1 is 1.15 bits per heavy atom. The molecule has 1 aliphatic carbocycles. The molecule has 4 rings (SSSR count). The molecule has 0 radical (unpaired) electrons. The van der Waals surface area contributed by atoms with Gasteiger partial charge in [0.25, 0.3) is 0 Å². The summed E-state index contributed by atoms with van der Waals surface area (Å²) in [6.07, 6.45) is 5.23. The zero-order valence-corrected chi connectivity index (χ0v) is 11.3. The zero-order chi connectivity index (χ0) is 13.4. The van der Waals surface area contributed by atoms with Crippen LogP contribution in [0.1, 0.15) is 22.7 Å². The van der Waals surface area contributed by atoms with Gasteiger partial charge >= 0.3 is 0 Å². The Morgan fingerprint density at radius 2 is 2.05 bits per heavy atom. The Bertz CT molecular complexity index is 745. The first kappa shape index (κ1) is 11.7. The van der Waals surface area contributed by atoms with E-state index in [1.54, 1.807) is 0 Å². The van der Waals surface area contributed by atoms with Crippen LogP contribution in [0.2, 0.25) is 0 Å². The zero-order valence-electron chi connectivity index (χ0n) is 11.3. The van der Waals surface area contributed by atoms with E-state index in [0.717, 1.165) is 18.7 Å². The van der Waals surface area contributed by atoms with E-state index < -0.39 is 0 Å². The van der Waals surface area contributed by atoms with Gasteiger partial charge in [-0.15, -0.1) is 0 Å². The molecule has 0 fully saturated rings. The van der Waals surface area contributed by atoms with Crippen LogP contribution in [0.25, 0.3) is 5.65 Å². The minimum absolute atomic E-state index is 0.672. The van der Waals surface area contributed by atoms with Crippen LogP contribution < -0.4 is 5.32 Å². The third kappa shape index (κ3) is 1.91. The summed E-state index contributed by atoms with van der Waals surface area (Å²) in [6.45, 7) is 1.90. The topological polar surface area (TPSA) is 29.3 Å². The first-order chi connectivity index (χ1) is 9.92. The second-order valence-corrected chi connectivity index (χ2v) is 5.41. The van der Waals surface area contributed by atoms with Gasteiger partial charge in [-0.3, -0.25) is 0 Å². The summed E-state index contributed by atoms with van der Waals surface area (Å²) in [4.78, 5) is 4.41. The fourth-order valence-corrected chi connectivity index (χ4v) is 3.04. The molecule has 0 aliphatic heterocycles. The summed E-state index contributed by atoms with van der Waals surface area (Å²) in [5, 5.41) is 3.56. The summed E-state index contributed by atoms with van der Waals surface area (Å²) in [7, 11) is 0. The molecule has 2 aromatic heterocycles. The predicted molar refractivity (Wildman–Crippen MR) is 79.8 cm³/mol. The van der Waals surface area contributed by atoms with Crippen molar-refractivity contribution in [3.05, 3.63) is 71.7 Å². The molecule has 0 saturated heterocycles. The van der Waals surface area contributed by atoms with Crippen molar-refractivity contribution in [2.24, 2.45) is 0 Å². The van der Waals surface area contributed by atoms with Crippen molar-refractivity contribution in [3.8, 4) is 0 Å². The Labute approximate surface area is 118 Å². The van der Waals surface area contributed by atoms with Crippen molar-refractivity contribution in [2.75, 3.05) is 6.54 Å². The quantitative estimate of drug-likeness (QED) is 0.784. The summed E-state index contributed by atoms with van der Waals surface area (Å²) < 4.78 is 2.14. The number of imidazole rings is 1. The third-order valence-electron chi connectivity index (χ3n) is 4.15. The van der Waals surface area contributed by atoms with E-state index in [1.165, 1.54) is 23.2 Å². The van der Waals surface area contributed by atoms with Gasteiger partial charge in [-0.2, -0.15) is 0 Å². The number of hydrogen-bond donors (Lipinski definition) is 1. The largest absolute Gasteiger partial charge is 0.311 e. The number of hydrogen-bond acceptors (Lipinski definition) is 2. The second kappa shape index (κ2) is 4.76. The number of nitrogens with zero attached hydrogens (tertiary/aromatic N) is 2. The van der Waals surface area contributed by atoms with Crippen LogP contribution >= 0.6 is 0 Å². The van der Waals surface area contributed by atoms with E-state index in [4.69, 9.17) is 0 Å². The van der Waals surface area contributed by atoms with E-state index in [9.17, 15) is 0 Å². The number of aromatic nitrogens is 2. The predicted octanol–water partition coefficient (Wildman–Crippen LogP) is 2.76. The maximum atomic E-state index is 4.41. The molecule has 1 atom stereocenters. The van der Waals surface area contributed by atoms with Crippen LogP contribution in [-0.4, -0.2) is 15.9 Å². The van der Waals surface area contributed by atoms with Gasteiger partial charge in [0, 0.05) is 25.2 Å². The number of nitrogens with one attached hydrogen (secondary N) is 1. The Hall–Kier alpha value is -2.13. The smallest absolute Gasteiger partial charge is 0.136 e. The lowest BCUT2D eigenvalue weighted by atomic mass is 9.77. The Morgan fingerprint density at radius 3 is 3.00 bits per heavy atom. The standard InChI is InChI=1S/C17H17N3/c1-2-6-16-13(5-1)9-14(16)10-18-11-15-12-19-17-7-3-4-8-20(15)17/h1-8,12,14,18H,9-11H2/t14-/m0/s1. The SMILES string of the molecule is c1ccc2c(c1)C[C@H]2CNCc1cnc2ccccn12. The van der Waals surface area contributed by atoms with Gasteiger partial charge in [-0.25, -0.2) is 4.98 Å². The molecule has 3 heteroatoms. The highest BCUT2D eigenvalue weighted by Crippen LogP contribution is 2.33. The van der Waals surface area contributed by atoms with Crippen LogP contribution in [0.3, 0.4) is 0 Å². The number of rotatable bonds is 4. The van der Waals surface area contributed by atoms with Gasteiger partial charge in [0.2, 0.25) is 0 Å². The average Bonchev–Trinajstić information content (AvgIpc) is 2.87. The molecular weight excluding hydrogens is 246 g/mol. The molecule has 1 aliphatic rings. The van der Waals surface area contributed by atoms with E-state index in [2.05, 4.69) is 45.2 Å². The molecule has 0 bridgehead atoms. The molecule has 0 saturated carbocycles. The summed E-state index contributed by atoms with van der Waals surface area (Å²) in [6, 6.07) is 14.8. The minimum atomic E-state index is 0.672. The van der Waals surface area contributed by atoms with Gasteiger partial charge in [-0.1, -0.05) is 30.3 Å². The van der Waals surface area contributed by atoms with Crippen molar-refractivity contribution in [1.82, 2.24) is 14.7 Å². The van der Waals surface area contributed by atoms with Crippen molar-refractivity contribution in [3.63, 3.8) is 0 Å². The van der Waals surface area contributed by atoms with Gasteiger partial charge in [0.05, 0.1) is 11.9 Å². The highest BCUT2D eigenvalue weighted by atomic mass is 15.0. The van der Waals surface area contributed by atoms with Crippen molar-refractivity contribution >= 4 is 5.65 Å². The highest BCUT2D eigenvalue weighted by Gasteiger charge is 2.24. The van der Waals surface area contributed by atoms with Crippen molar-refractivity contribution in [1.29, 1.82) is 0 Å². The monoisotopic (exact) mass is 263 g/mol. The summed E-state index contributed by atoms with van der Waals surface area (Å²) >= 11 is 0. The molecule has 100 valence electrons. The van der Waals surface area contributed by atoms with Crippen molar-refractivity contribution < 1.29 is 0 Å². The van der Waals surface area contributed by atoms with Gasteiger partial charge < -0.3 is 9.72 Å². The molecule has 3 nitrogen and oxygen atoms in total. The van der Waals surface area contributed by atoms with E-state index in [0.29, 0.717) is 5.92 Å². The molecule has 3 aromatic rings. The minimum Gasteiger partial charge on any atom is -0.311 e. The third-order valence-corrected chi connectivity index (χ3v) is 4.15. The second-order valence-electron chi connectivity index (χ2n) is 5.41. The van der Waals surface area contributed by atoms with Crippen molar-refractivity contribution in [2.45, 2.75) is 18.9 Å². The molecular formula is C17H17N3. The van der Waals surface area contributed by atoms with Gasteiger partial charge in [0.15, 0.2) is 0 Å². The average molecular weight is 263 g/mol. The Kier molecular flexibility index (Phi) is 2.78. The first-order valence-electron chi connectivity index (χ1n) is 7.11. The Balaban J connectivity index is 1.40. The van der Waals surface area contributed by atoms with E-state index in [-0.39, 0.29) is 0 Å². The molecule has 0 spiro atoms. The summed E-state index contributed by atoms with van der Waals surface area (Å²) in [5.41, 5.74) is 5.25. The van der Waals surface area contributed by atoms with Gasteiger partial charge in [-0.05, 0) is 29.7 Å². The molecule has 1 N–H and O–H groups in total. The lowest BCUT2D eigenvalue weighted by Gasteiger charge is -2.30. The maximum Gasteiger partial charge on any atom is 0.136 e. The van der Waals surface area contributed by atoms with Crippen LogP contribution in [0.15, 0.2) is 54.9 Å². The van der Waals surface area contributed by atoms with Crippen LogP contribution in [0, 0.1) is 0 Å². The number of fused-ring (bicyclic) bond motifs is 2. The molecule has 0 unspecified atom stereocenters. The van der Waals surface area contributed by atoms with E-state index >= 15 is 0 Å². The summed E-state index contributed by atoms with van der Waals surface area (Å²) in [5.74, 6) is 0.672. The van der Waals surface area contributed by atoms with Crippen LogP contribution in [0.5, 0.6) is 0 Å². The van der Waals surface area contributed by atoms with Crippen LogP contribution in [0.4, 0.5) is 0 Å². The molecule has 20 heavy (non-hydrogen) atoms. The molecule has 0 amide bonds. The highest BCUT2D eigenvalue weighted by molar-refractivity contribution is 5.41. The fraction of sp³-hybridized carbons (Fsp3) is 0.235. The first-order valence-corrected chi connectivity index (χ1v) is 7.11. The fourth-order valence-electron chi connectivity index (χ4n) is 3.04. The van der Waals surface area contributed by atoms with E-state index in [1.807, 2.05) is 24.4 Å². The van der Waals surface area contributed by atoms with Gasteiger partial charge in [0.1, 0.15) is 5.65 Å². The van der Waals surface area contributed by atoms with Crippen LogP contribution in [-0.2, 0) is 13.0 Å². The maximum absolute atomic E-state index is 4.41. The normalized spacial score (nSPS) is 16.9.